The second-order valence-corrected chi connectivity index (χ2v) is 7.54. The number of hydrogen-bond donors (Lipinski definition) is 1. The molecule has 1 amide bonds. The number of hydrogen-bond acceptors (Lipinski definition) is 3. The average Bonchev–Trinajstić information content (AvgIpc) is 3.32. The third-order valence-electron chi connectivity index (χ3n) is 5.74. The Morgan fingerprint density at radius 3 is 2.74 bits per heavy atom. The molecule has 27 heavy (non-hydrogen) atoms. The Labute approximate surface area is 160 Å². The molecule has 142 valence electrons. The van der Waals surface area contributed by atoms with Crippen LogP contribution in [0.3, 0.4) is 0 Å². The van der Waals surface area contributed by atoms with Crippen molar-refractivity contribution in [3.63, 3.8) is 0 Å². The van der Waals surface area contributed by atoms with E-state index in [9.17, 15) is 9.18 Å². The van der Waals surface area contributed by atoms with Gasteiger partial charge in [-0.05, 0) is 67.7 Å². The van der Waals surface area contributed by atoms with E-state index in [-0.39, 0.29) is 17.8 Å². The maximum atomic E-state index is 13.4. The van der Waals surface area contributed by atoms with Gasteiger partial charge >= 0.3 is 0 Å². The van der Waals surface area contributed by atoms with Crippen molar-refractivity contribution in [2.75, 3.05) is 38.1 Å². The first-order chi connectivity index (χ1) is 13.1. The number of halogens is 1. The van der Waals surface area contributed by atoms with Crippen LogP contribution in [0.1, 0.15) is 40.4 Å². The minimum atomic E-state index is -0.388. The molecule has 0 spiro atoms. The van der Waals surface area contributed by atoms with E-state index in [1.807, 2.05) is 0 Å². The zero-order valence-electron chi connectivity index (χ0n) is 15.7. The molecule has 2 aliphatic heterocycles. The van der Waals surface area contributed by atoms with E-state index >= 15 is 0 Å². The van der Waals surface area contributed by atoms with Gasteiger partial charge in [-0.15, -0.1) is 0 Å². The monoisotopic (exact) mass is 367 g/mol. The Bertz CT molecular complexity index is 832. The number of likely N-dealkylation sites (N-methyl/N-ethyl adjacent to an activating group) is 1. The minimum Gasteiger partial charge on any atom is -0.374 e. The topological polar surface area (TPSA) is 35.6 Å². The first-order valence-electron chi connectivity index (χ1n) is 9.73. The van der Waals surface area contributed by atoms with Crippen molar-refractivity contribution in [2.45, 2.75) is 25.3 Å². The summed E-state index contributed by atoms with van der Waals surface area (Å²) in [5.74, 6) is -0.610. The lowest BCUT2D eigenvalue weighted by Gasteiger charge is -2.29. The lowest BCUT2D eigenvalue weighted by molar-refractivity contribution is 0.0937. The molecule has 0 saturated carbocycles. The van der Waals surface area contributed by atoms with E-state index in [4.69, 9.17) is 0 Å². The molecule has 1 N–H and O–H groups in total. The van der Waals surface area contributed by atoms with Crippen LogP contribution in [-0.4, -0.2) is 44.0 Å². The molecule has 0 bridgehead atoms. The fourth-order valence-corrected chi connectivity index (χ4v) is 4.23. The number of nitrogens with one attached hydrogen (secondary N) is 1. The third-order valence-corrected chi connectivity index (χ3v) is 5.74. The first kappa shape index (κ1) is 18.0. The Morgan fingerprint density at radius 1 is 1.15 bits per heavy atom. The summed E-state index contributed by atoms with van der Waals surface area (Å²) in [6.07, 6.45) is 3.46. The number of amides is 1. The molecule has 1 fully saturated rings. The van der Waals surface area contributed by atoms with Crippen molar-refractivity contribution in [1.29, 1.82) is 0 Å². The van der Waals surface area contributed by atoms with E-state index in [1.54, 1.807) is 12.1 Å². The van der Waals surface area contributed by atoms with Crippen molar-refractivity contribution >= 4 is 11.6 Å². The largest absolute Gasteiger partial charge is 0.374 e. The highest BCUT2D eigenvalue weighted by Gasteiger charge is 2.26. The molecule has 0 unspecified atom stereocenters. The molecule has 5 heteroatoms. The molecular formula is C22H26FN3O. The van der Waals surface area contributed by atoms with Crippen LogP contribution in [0.15, 0.2) is 42.5 Å². The molecule has 4 nitrogen and oxygen atoms in total. The smallest absolute Gasteiger partial charge is 0.251 e. The molecule has 2 aliphatic rings. The van der Waals surface area contributed by atoms with Crippen molar-refractivity contribution in [3.8, 4) is 0 Å². The first-order valence-corrected chi connectivity index (χ1v) is 9.73. The van der Waals surface area contributed by atoms with Crippen molar-refractivity contribution < 1.29 is 9.18 Å². The van der Waals surface area contributed by atoms with E-state index in [1.165, 1.54) is 41.8 Å². The van der Waals surface area contributed by atoms with E-state index in [2.05, 4.69) is 40.4 Å². The molecule has 0 aromatic heterocycles. The van der Waals surface area contributed by atoms with Crippen LogP contribution in [0.25, 0.3) is 0 Å². The number of likely N-dealkylation sites (tertiary alicyclic amines) is 1. The van der Waals surface area contributed by atoms with Crippen LogP contribution in [-0.2, 0) is 6.42 Å². The van der Waals surface area contributed by atoms with Gasteiger partial charge in [0.25, 0.3) is 5.91 Å². The lowest BCUT2D eigenvalue weighted by atomic mass is 10.0. The molecule has 0 radical (unpaired) electrons. The second-order valence-electron chi connectivity index (χ2n) is 7.54. The molecule has 0 aliphatic carbocycles. The Kier molecular flexibility index (Phi) is 5.12. The summed E-state index contributed by atoms with van der Waals surface area (Å²) in [6, 6.07) is 12.7. The van der Waals surface area contributed by atoms with Crippen LogP contribution in [0.4, 0.5) is 10.1 Å². The van der Waals surface area contributed by atoms with Crippen molar-refractivity contribution in [2.24, 2.45) is 0 Å². The zero-order valence-corrected chi connectivity index (χ0v) is 15.7. The summed E-state index contributed by atoms with van der Waals surface area (Å²) in [5, 5.41) is 3.02. The fraction of sp³-hybridized carbons (Fsp3) is 0.409. The van der Waals surface area contributed by atoms with Gasteiger partial charge in [-0.2, -0.15) is 0 Å². The fourth-order valence-electron chi connectivity index (χ4n) is 4.23. The predicted octanol–water partition coefficient (Wildman–Crippen LogP) is 3.38. The molecule has 2 aromatic carbocycles. The second kappa shape index (κ2) is 7.69. The molecule has 2 heterocycles. The van der Waals surface area contributed by atoms with Crippen molar-refractivity contribution in [3.05, 3.63) is 65.0 Å². The number of nitrogens with zero attached hydrogens (tertiary/aromatic N) is 2. The minimum absolute atomic E-state index is 0.154. The normalized spacial score (nSPS) is 17.8. The highest BCUT2D eigenvalue weighted by molar-refractivity contribution is 5.94. The number of carbonyl (C=O) groups excluding carboxylic acids is 1. The van der Waals surface area contributed by atoms with Gasteiger partial charge in [0.15, 0.2) is 0 Å². The predicted molar refractivity (Wildman–Crippen MR) is 106 cm³/mol. The van der Waals surface area contributed by atoms with Crippen LogP contribution < -0.4 is 10.2 Å². The maximum absolute atomic E-state index is 13.4. The molecular weight excluding hydrogens is 341 g/mol. The summed E-state index contributed by atoms with van der Waals surface area (Å²) in [7, 11) is 2.13. The molecule has 4 rings (SSSR count). The summed E-state index contributed by atoms with van der Waals surface area (Å²) in [5.41, 5.74) is 4.31. The SMILES string of the molecule is CN1CCc2cc([C@H](CNC(=O)c3cccc(F)c3)N3CCCC3)ccc21. The number of fused-ring (bicyclic) bond motifs is 1. The van der Waals surface area contributed by atoms with Gasteiger partial charge in [-0.3, -0.25) is 9.69 Å². The van der Waals surface area contributed by atoms with E-state index in [0.717, 1.165) is 26.1 Å². The molecule has 1 atom stereocenters. The van der Waals surface area contributed by atoms with Gasteiger partial charge in [-0.1, -0.05) is 18.2 Å². The summed E-state index contributed by atoms with van der Waals surface area (Å²) >= 11 is 0. The Morgan fingerprint density at radius 2 is 1.96 bits per heavy atom. The van der Waals surface area contributed by atoms with Crippen molar-refractivity contribution in [1.82, 2.24) is 10.2 Å². The standard InChI is InChI=1S/C22H26FN3O/c1-25-12-9-17-13-16(7-8-20(17)25)21(26-10-2-3-11-26)15-24-22(27)18-5-4-6-19(23)14-18/h4-8,13-14,21H,2-3,9-12,15H2,1H3,(H,24,27)/t21-/m0/s1. The molecule has 2 aromatic rings. The van der Waals surface area contributed by atoms with Gasteiger partial charge in [0.05, 0.1) is 6.04 Å². The van der Waals surface area contributed by atoms with E-state index in [0.29, 0.717) is 12.1 Å². The summed E-state index contributed by atoms with van der Waals surface area (Å²) in [6.45, 7) is 3.70. The van der Waals surface area contributed by atoms with Crippen LogP contribution in [0.2, 0.25) is 0 Å². The third kappa shape index (κ3) is 3.83. The summed E-state index contributed by atoms with van der Waals surface area (Å²) < 4.78 is 13.4. The van der Waals surface area contributed by atoms with E-state index < -0.39 is 0 Å². The summed E-state index contributed by atoms with van der Waals surface area (Å²) in [4.78, 5) is 17.2. The zero-order chi connectivity index (χ0) is 18.8. The van der Waals surface area contributed by atoms with Crippen LogP contribution in [0, 0.1) is 5.82 Å². The quantitative estimate of drug-likeness (QED) is 0.880. The van der Waals surface area contributed by atoms with Crippen LogP contribution in [0.5, 0.6) is 0 Å². The molecule has 1 saturated heterocycles. The van der Waals surface area contributed by atoms with Gasteiger partial charge in [0, 0.05) is 31.4 Å². The highest BCUT2D eigenvalue weighted by atomic mass is 19.1. The van der Waals surface area contributed by atoms with Gasteiger partial charge in [-0.25, -0.2) is 4.39 Å². The van der Waals surface area contributed by atoms with Gasteiger partial charge in [0.2, 0.25) is 0 Å². The van der Waals surface area contributed by atoms with Gasteiger partial charge < -0.3 is 10.2 Å². The maximum Gasteiger partial charge on any atom is 0.251 e. The number of anilines is 1. The Hall–Kier alpha value is -2.40. The van der Waals surface area contributed by atoms with Crippen LogP contribution >= 0.6 is 0 Å². The lowest BCUT2D eigenvalue weighted by Crippen LogP contribution is -2.36. The number of benzene rings is 2. The van der Waals surface area contributed by atoms with Gasteiger partial charge in [0.1, 0.15) is 5.82 Å². The number of carbonyl (C=O) groups is 1. The Balaban J connectivity index is 1.52. The average molecular weight is 367 g/mol. The number of rotatable bonds is 5. The highest BCUT2D eigenvalue weighted by Crippen LogP contribution is 2.32.